The fraction of sp³-hybridized carbons (Fsp3) is 0. The van der Waals surface area contributed by atoms with Gasteiger partial charge in [0, 0.05) is 8.95 Å². The van der Waals surface area contributed by atoms with Gasteiger partial charge in [0.25, 0.3) is 0 Å². The van der Waals surface area contributed by atoms with E-state index in [2.05, 4.69) is 31.9 Å². The zero-order chi connectivity index (χ0) is 19.8. The topological polar surface area (TPSA) is 149 Å². The van der Waals surface area contributed by atoms with Crippen LogP contribution >= 0.6 is 31.9 Å². The van der Waals surface area contributed by atoms with Crippen LogP contribution in [0.25, 0.3) is 11.1 Å². The molecule has 0 saturated heterocycles. The summed E-state index contributed by atoms with van der Waals surface area (Å²) < 4.78 is 0.389. The molecule has 0 bridgehead atoms. The normalized spacial score (nSPS) is 10.4. The lowest BCUT2D eigenvalue weighted by Crippen LogP contribution is -2.10. The van der Waals surface area contributed by atoms with Crippen molar-refractivity contribution in [1.29, 1.82) is 0 Å². The van der Waals surface area contributed by atoms with Crippen LogP contribution in [-0.2, 0) is 0 Å². The van der Waals surface area contributed by atoms with E-state index >= 15 is 0 Å². The third-order valence-corrected chi connectivity index (χ3v) is 4.74. The third-order valence-electron chi connectivity index (χ3n) is 3.43. The monoisotopic (exact) mass is 486 g/mol. The number of carboxylic acids is 4. The van der Waals surface area contributed by atoms with E-state index in [-0.39, 0.29) is 20.1 Å². The van der Waals surface area contributed by atoms with Crippen LogP contribution < -0.4 is 0 Å². The predicted molar refractivity (Wildman–Crippen MR) is 95.1 cm³/mol. The lowest BCUT2D eigenvalue weighted by Gasteiger charge is -2.13. The highest BCUT2D eigenvalue weighted by atomic mass is 79.9. The van der Waals surface area contributed by atoms with E-state index in [9.17, 15) is 29.4 Å². The second-order valence-electron chi connectivity index (χ2n) is 4.98. The quantitative estimate of drug-likeness (QED) is 0.499. The summed E-state index contributed by atoms with van der Waals surface area (Å²) in [5.74, 6) is -5.84. The molecule has 0 aliphatic heterocycles. The van der Waals surface area contributed by atoms with Gasteiger partial charge in [-0.3, -0.25) is 0 Å². The van der Waals surface area contributed by atoms with E-state index in [1.165, 1.54) is 0 Å². The van der Waals surface area contributed by atoms with Crippen molar-refractivity contribution in [3.8, 4) is 11.1 Å². The van der Waals surface area contributed by atoms with Gasteiger partial charge in [-0.1, -0.05) is 31.9 Å². The Kier molecular flexibility index (Phi) is 5.47. The highest BCUT2D eigenvalue weighted by molar-refractivity contribution is 9.11. The summed E-state index contributed by atoms with van der Waals surface area (Å²) in [5.41, 5.74) is -1.55. The average Bonchev–Trinajstić information content (AvgIpc) is 2.53. The standard InChI is InChI=1S/C16H8Br2O8/c17-11-3-9(15(23)24)7(13(19)20)1-5(11)6-2-8(14(21)22)10(16(25)26)4-12(6)18/h1-4H,(H,19,20)(H,21,22)(H,23,24)(H,25,26). The molecule has 0 spiro atoms. The Morgan fingerprint density at radius 1 is 0.538 bits per heavy atom. The van der Waals surface area contributed by atoms with Crippen molar-refractivity contribution in [2.24, 2.45) is 0 Å². The van der Waals surface area contributed by atoms with E-state index in [4.69, 9.17) is 10.2 Å². The van der Waals surface area contributed by atoms with Crippen LogP contribution in [0, 0.1) is 0 Å². The fourth-order valence-electron chi connectivity index (χ4n) is 2.27. The number of carboxylic acid groups (broad SMARTS) is 4. The van der Waals surface area contributed by atoms with Gasteiger partial charge in [0.2, 0.25) is 0 Å². The molecule has 0 amide bonds. The summed E-state index contributed by atoms with van der Waals surface area (Å²) in [7, 11) is 0. The number of hydrogen-bond donors (Lipinski definition) is 4. The molecule has 0 radical (unpaired) electrons. The van der Waals surface area contributed by atoms with Gasteiger partial charge in [-0.25, -0.2) is 19.2 Å². The Hall–Kier alpha value is -2.72. The first-order valence-corrected chi connectivity index (χ1v) is 8.23. The molecule has 0 aliphatic rings. The van der Waals surface area contributed by atoms with Gasteiger partial charge >= 0.3 is 23.9 Å². The Morgan fingerprint density at radius 2 is 0.769 bits per heavy atom. The molecule has 0 unspecified atom stereocenters. The van der Waals surface area contributed by atoms with Crippen molar-refractivity contribution < 1.29 is 39.6 Å². The van der Waals surface area contributed by atoms with Gasteiger partial charge in [-0.05, 0) is 35.4 Å². The summed E-state index contributed by atoms with van der Waals surface area (Å²) in [5, 5.41) is 36.8. The molecule has 26 heavy (non-hydrogen) atoms. The molecule has 10 heteroatoms. The minimum absolute atomic E-state index is 0.179. The molecule has 2 aromatic rings. The SMILES string of the molecule is O=C(O)c1cc(Br)c(-c2cc(C(=O)O)c(C(=O)O)cc2Br)cc1C(=O)O. The molecular formula is C16H8Br2O8. The lowest BCUT2D eigenvalue weighted by atomic mass is 9.95. The van der Waals surface area contributed by atoms with E-state index in [1.54, 1.807) is 0 Å². The maximum Gasteiger partial charge on any atom is 0.336 e. The highest BCUT2D eigenvalue weighted by Gasteiger charge is 2.23. The minimum atomic E-state index is -1.48. The molecule has 4 N–H and O–H groups in total. The molecule has 0 fully saturated rings. The molecule has 0 aromatic heterocycles. The van der Waals surface area contributed by atoms with Gasteiger partial charge < -0.3 is 20.4 Å². The number of rotatable bonds is 5. The minimum Gasteiger partial charge on any atom is -0.478 e. The Labute approximate surface area is 162 Å². The number of aromatic carboxylic acids is 4. The Bertz CT molecular complexity index is 901. The molecule has 0 saturated carbocycles. The molecule has 0 atom stereocenters. The largest absolute Gasteiger partial charge is 0.478 e. The fourth-order valence-corrected chi connectivity index (χ4v) is 3.38. The van der Waals surface area contributed by atoms with E-state index < -0.39 is 46.1 Å². The van der Waals surface area contributed by atoms with Crippen LogP contribution in [0.1, 0.15) is 41.4 Å². The second-order valence-corrected chi connectivity index (χ2v) is 6.68. The molecule has 0 aliphatic carbocycles. The van der Waals surface area contributed by atoms with E-state index in [0.29, 0.717) is 0 Å². The van der Waals surface area contributed by atoms with Crippen molar-refractivity contribution in [3.05, 3.63) is 55.5 Å². The zero-order valence-electron chi connectivity index (χ0n) is 12.5. The Morgan fingerprint density at radius 3 is 1.00 bits per heavy atom. The highest BCUT2D eigenvalue weighted by Crippen LogP contribution is 2.37. The second kappa shape index (κ2) is 7.26. The van der Waals surface area contributed by atoms with Gasteiger partial charge in [-0.2, -0.15) is 0 Å². The van der Waals surface area contributed by atoms with Crippen LogP contribution in [0.4, 0.5) is 0 Å². The summed E-state index contributed by atoms with van der Waals surface area (Å²) in [6.07, 6.45) is 0. The number of carbonyl (C=O) groups is 4. The summed E-state index contributed by atoms with van der Waals surface area (Å²) >= 11 is 6.28. The van der Waals surface area contributed by atoms with Crippen LogP contribution in [-0.4, -0.2) is 44.3 Å². The van der Waals surface area contributed by atoms with Crippen molar-refractivity contribution in [1.82, 2.24) is 0 Å². The smallest absolute Gasteiger partial charge is 0.336 e. The van der Waals surface area contributed by atoms with Gasteiger partial charge in [0.05, 0.1) is 22.3 Å². The number of benzene rings is 2. The van der Waals surface area contributed by atoms with E-state index in [0.717, 1.165) is 24.3 Å². The van der Waals surface area contributed by atoms with Crippen molar-refractivity contribution in [3.63, 3.8) is 0 Å². The van der Waals surface area contributed by atoms with Gasteiger partial charge in [-0.15, -0.1) is 0 Å². The maximum absolute atomic E-state index is 11.4. The molecular weight excluding hydrogens is 480 g/mol. The maximum atomic E-state index is 11.4. The molecule has 134 valence electrons. The van der Waals surface area contributed by atoms with Gasteiger partial charge in [0.15, 0.2) is 0 Å². The molecule has 2 aromatic carbocycles. The predicted octanol–water partition coefficient (Wildman–Crippen LogP) is 3.67. The third kappa shape index (κ3) is 3.60. The number of halogens is 2. The average molecular weight is 488 g/mol. The lowest BCUT2D eigenvalue weighted by molar-refractivity contribution is 0.0651. The first kappa shape index (κ1) is 19.6. The first-order valence-electron chi connectivity index (χ1n) is 6.65. The molecule has 2 rings (SSSR count). The van der Waals surface area contributed by atoms with Crippen molar-refractivity contribution >= 4 is 55.7 Å². The van der Waals surface area contributed by atoms with Crippen LogP contribution in [0.5, 0.6) is 0 Å². The molecule has 8 nitrogen and oxygen atoms in total. The van der Waals surface area contributed by atoms with Gasteiger partial charge in [0.1, 0.15) is 0 Å². The van der Waals surface area contributed by atoms with Crippen molar-refractivity contribution in [2.75, 3.05) is 0 Å². The Balaban J connectivity index is 2.84. The first-order chi connectivity index (χ1) is 12.0. The van der Waals surface area contributed by atoms with Crippen molar-refractivity contribution in [2.45, 2.75) is 0 Å². The summed E-state index contributed by atoms with van der Waals surface area (Å²) in [6.45, 7) is 0. The van der Waals surface area contributed by atoms with Crippen LogP contribution in [0.3, 0.4) is 0 Å². The number of hydrogen-bond acceptors (Lipinski definition) is 4. The van der Waals surface area contributed by atoms with Crippen LogP contribution in [0.15, 0.2) is 33.2 Å². The van der Waals surface area contributed by atoms with E-state index in [1.807, 2.05) is 0 Å². The molecule has 0 heterocycles. The summed E-state index contributed by atoms with van der Waals surface area (Å²) in [6, 6.07) is 4.31. The zero-order valence-corrected chi connectivity index (χ0v) is 15.7. The summed E-state index contributed by atoms with van der Waals surface area (Å²) in [4.78, 5) is 45.2. The van der Waals surface area contributed by atoms with Crippen LogP contribution in [0.2, 0.25) is 0 Å².